The van der Waals surface area contributed by atoms with Gasteiger partial charge in [0.1, 0.15) is 0 Å². The predicted octanol–water partition coefficient (Wildman–Crippen LogP) is 1.31. The van der Waals surface area contributed by atoms with Gasteiger partial charge in [0.15, 0.2) is 0 Å². The molecule has 1 aliphatic rings. The Labute approximate surface area is 63.4 Å². The van der Waals surface area contributed by atoms with Crippen LogP contribution in [0.2, 0.25) is 0 Å². The van der Waals surface area contributed by atoms with Crippen LogP contribution in [0.4, 0.5) is 0 Å². The van der Waals surface area contributed by atoms with E-state index in [4.69, 9.17) is 1.37 Å². The minimum absolute atomic E-state index is 0.0625. The van der Waals surface area contributed by atoms with Crippen molar-refractivity contribution in [2.24, 2.45) is 5.92 Å². The SMILES string of the molecule is [3H]C1CC(NC(=O)C(C)C)C1. The molecule has 0 spiro atoms. The van der Waals surface area contributed by atoms with Gasteiger partial charge in [-0.15, -0.1) is 0 Å². The average molecular weight is 143 g/mol. The highest BCUT2D eigenvalue weighted by Crippen LogP contribution is 2.18. The number of nitrogens with one attached hydrogen (secondary N) is 1. The molecule has 1 saturated carbocycles. The Hall–Kier alpha value is -0.530. The standard InChI is InChI=1S/C8H15NO/c1-6(2)8(10)9-7-4-3-5-7/h6-7H,3-5H2,1-2H3,(H,9,10)/i3T. The highest BCUT2D eigenvalue weighted by Gasteiger charge is 2.20. The van der Waals surface area contributed by atoms with Crippen LogP contribution in [0.25, 0.3) is 0 Å². The van der Waals surface area contributed by atoms with Gasteiger partial charge in [-0.1, -0.05) is 13.8 Å². The summed E-state index contributed by atoms with van der Waals surface area (Å²) in [6.07, 6.45) is 1.73. The second-order valence-corrected chi connectivity index (χ2v) is 3.12. The van der Waals surface area contributed by atoms with Gasteiger partial charge in [0, 0.05) is 13.3 Å². The predicted molar refractivity (Wildman–Crippen MR) is 40.6 cm³/mol. The number of carbonyl (C=O) groups excluding carboxylic acids is 1. The van der Waals surface area contributed by atoms with E-state index in [1.165, 1.54) is 0 Å². The topological polar surface area (TPSA) is 29.1 Å². The van der Waals surface area contributed by atoms with E-state index in [0.717, 1.165) is 12.8 Å². The van der Waals surface area contributed by atoms with Gasteiger partial charge in [-0.3, -0.25) is 4.79 Å². The van der Waals surface area contributed by atoms with Crippen molar-refractivity contribution in [2.45, 2.75) is 39.1 Å². The number of amides is 1. The fourth-order valence-electron chi connectivity index (χ4n) is 0.819. The summed E-state index contributed by atoms with van der Waals surface area (Å²) in [5, 5.41) is 2.89. The minimum atomic E-state index is 0.0625. The van der Waals surface area contributed by atoms with Crippen LogP contribution < -0.4 is 5.32 Å². The summed E-state index contributed by atoms with van der Waals surface area (Å²) < 4.78 is 7.24. The fraction of sp³-hybridized carbons (Fsp3) is 0.875. The maximum absolute atomic E-state index is 11.1. The van der Waals surface area contributed by atoms with E-state index in [2.05, 4.69) is 5.32 Å². The highest BCUT2D eigenvalue weighted by molar-refractivity contribution is 5.78. The molecule has 0 unspecified atom stereocenters. The molecule has 0 radical (unpaired) electrons. The van der Waals surface area contributed by atoms with E-state index in [0.29, 0.717) is 0 Å². The Morgan fingerprint density at radius 1 is 1.70 bits per heavy atom. The zero-order valence-electron chi connectivity index (χ0n) is 7.55. The molecule has 1 amide bonds. The van der Waals surface area contributed by atoms with Crippen molar-refractivity contribution in [1.29, 1.82) is 0 Å². The maximum Gasteiger partial charge on any atom is 0.222 e. The zero-order valence-corrected chi connectivity index (χ0v) is 6.55. The Kier molecular flexibility index (Phi) is 1.88. The molecule has 0 aromatic heterocycles. The second kappa shape index (κ2) is 3.04. The lowest BCUT2D eigenvalue weighted by molar-refractivity contribution is -0.125. The van der Waals surface area contributed by atoms with E-state index in [9.17, 15) is 4.79 Å². The Bertz CT molecular complexity index is 152. The minimum Gasteiger partial charge on any atom is -0.353 e. The van der Waals surface area contributed by atoms with Crippen molar-refractivity contribution in [3.63, 3.8) is 0 Å². The maximum atomic E-state index is 11.1. The molecule has 0 atom stereocenters. The molecule has 1 N–H and O–H groups in total. The number of carbonyl (C=O) groups is 1. The molecule has 2 heteroatoms. The van der Waals surface area contributed by atoms with E-state index in [1.807, 2.05) is 13.8 Å². The van der Waals surface area contributed by atoms with Gasteiger partial charge < -0.3 is 5.32 Å². The van der Waals surface area contributed by atoms with Crippen molar-refractivity contribution in [3.05, 3.63) is 0 Å². The third-order valence-corrected chi connectivity index (χ3v) is 1.77. The lowest BCUT2D eigenvalue weighted by Crippen LogP contribution is -2.41. The van der Waals surface area contributed by atoms with Crippen molar-refractivity contribution in [2.75, 3.05) is 0 Å². The molecule has 1 rings (SSSR count). The van der Waals surface area contributed by atoms with Crippen LogP contribution in [-0.4, -0.2) is 11.9 Å². The molecule has 0 saturated heterocycles. The van der Waals surface area contributed by atoms with E-state index in [-0.39, 0.29) is 24.3 Å². The molecule has 2 nitrogen and oxygen atoms in total. The summed E-state index contributed by atoms with van der Waals surface area (Å²) in [5.74, 6) is 0.182. The Morgan fingerprint density at radius 3 is 2.70 bits per heavy atom. The molecule has 0 heterocycles. The van der Waals surface area contributed by atoms with Gasteiger partial charge in [-0.05, 0) is 19.2 Å². The number of hydrogen-bond donors (Lipinski definition) is 1. The van der Waals surface area contributed by atoms with Gasteiger partial charge in [0.25, 0.3) is 0 Å². The van der Waals surface area contributed by atoms with Crippen molar-refractivity contribution >= 4 is 5.91 Å². The number of hydrogen-bond acceptors (Lipinski definition) is 1. The summed E-state index contributed by atoms with van der Waals surface area (Å²) in [5.41, 5.74) is 0. The van der Waals surface area contributed by atoms with Crippen LogP contribution in [0.5, 0.6) is 0 Å². The first-order chi connectivity index (χ1) is 5.09. The van der Waals surface area contributed by atoms with Crippen LogP contribution in [0.1, 0.15) is 34.5 Å². The van der Waals surface area contributed by atoms with Crippen molar-refractivity contribution in [3.8, 4) is 0 Å². The van der Waals surface area contributed by atoms with Gasteiger partial charge in [-0.2, -0.15) is 0 Å². The van der Waals surface area contributed by atoms with Crippen LogP contribution in [0.3, 0.4) is 0 Å². The molecular formula is C8H15NO. The smallest absolute Gasteiger partial charge is 0.222 e. The Balaban J connectivity index is 2.17. The van der Waals surface area contributed by atoms with E-state index < -0.39 is 0 Å². The van der Waals surface area contributed by atoms with Crippen LogP contribution >= 0.6 is 0 Å². The Morgan fingerprint density at radius 2 is 2.30 bits per heavy atom. The molecule has 0 aliphatic heterocycles. The highest BCUT2D eigenvalue weighted by atomic mass is 16.1. The normalized spacial score (nSPS) is 32.9. The molecule has 1 fully saturated rings. The summed E-state index contributed by atoms with van der Waals surface area (Å²) in [4.78, 5) is 11.1. The lowest BCUT2D eigenvalue weighted by atomic mass is 9.93. The summed E-state index contributed by atoms with van der Waals surface area (Å²) >= 11 is 0. The first-order valence-corrected chi connectivity index (χ1v) is 3.82. The molecule has 0 aromatic carbocycles. The molecule has 58 valence electrons. The van der Waals surface area contributed by atoms with Crippen molar-refractivity contribution in [1.82, 2.24) is 5.32 Å². The van der Waals surface area contributed by atoms with Crippen LogP contribution in [0.15, 0.2) is 0 Å². The molecule has 1 aliphatic carbocycles. The molecule has 10 heavy (non-hydrogen) atoms. The van der Waals surface area contributed by atoms with Crippen LogP contribution in [0, 0.1) is 5.92 Å². The summed E-state index contributed by atoms with van der Waals surface area (Å²) in [6, 6.07) is 0.285. The lowest BCUT2D eigenvalue weighted by Gasteiger charge is -2.27. The van der Waals surface area contributed by atoms with Crippen molar-refractivity contribution < 1.29 is 6.17 Å². The molecule has 0 bridgehead atoms. The monoisotopic (exact) mass is 143 g/mol. The molecular weight excluding hydrogens is 126 g/mol. The first-order valence-electron chi connectivity index (χ1n) is 4.40. The van der Waals surface area contributed by atoms with E-state index in [1.54, 1.807) is 0 Å². The number of rotatable bonds is 2. The van der Waals surface area contributed by atoms with Gasteiger partial charge in [0.05, 0.1) is 0 Å². The zero-order chi connectivity index (χ0) is 8.43. The van der Waals surface area contributed by atoms with Gasteiger partial charge >= 0.3 is 0 Å². The van der Waals surface area contributed by atoms with E-state index >= 15 is 0 Å². The van der Waals surface area contributed by atoms with Gasteiger partial charge in [-0.25, -0.2) is 0 Å². The van der Waals surface area contributed by atoms with Crippen LogP contribution in [-0.2, 0) is 4.79 Å². The fourth-order valence-corrected chi connectivity index (χ4v) is 0.819. The second-order valence-electron chi connectivity index (χ2n) is 3.12. The average Bonchev–Trinajstić information content (AvgIpc) is 1.84. The largest absolute Gasteiger partial charge is 0.353 e. The third-order valence-electron chi connectivity index (χ3n) is 1.77. The third kappa shape index (κ3) is 1.72. The van der Waals surface area contributed by atoms with Gasteiger partial charge in [0.2, 0.25) is 5.91 Å². The first kappa shape index (κ1) is 6.20. The molecule has 0 aromatic rings. The summed E-state index contributed by atoms with van der Waals surface area (Å²) in [7, 11) is 0. The quantitative estimate of drug-likeness (QED) is 0.620. The summed E-state index contributed by atoms with van der Waals surface area (Å²) in [6.45, 7) is 3.76.